The summed E-state index contributed by atoms with van der Waals surface area (Å²) >= 11 is 0. The lowest BCUT2D eigenvalue weighted by Crippen LogP contribution is -2.50. The third-order valence-corrected chi connectivity index (χ3v) is 5.85. The molecule has 0 aliphatic carbocycles. The minimum atomic E-state index is -0.147. The molecule has 0 spiro atoms. The molecule has 26 heavy (non-hydrogen) atoms. The van der Waals surface area contributed by atoms with Gasteiger partial charge in [0.2, 0.25) is 11.8 Å². The zero-order valence-electron chi connectivity index (χ0n) is 16.3. The third-order valence-electron chi connectivity index (χ3n) is 5.85. The first-order valence-corrected chi connectivity index (χ1v) is 9.89. The minimum absolute atomic E-state index is 0.144. The summed E-state index contributed by atoms with van der Waals surface area (Å²) in [5.41, 5.74) is 3.90. The molecule has 2 aliphatic heterocycles. The van der Waals surface area contributed by atoms with Crippen LogP contribution in [0.1, 0.15) is 37.3 Å². The molecule has 2 fully saturated rings. The number of amides is 2. The normalized spacial score (nSPS) is 20.8. The highest BCUT2D eigenvalue weighted by Gasteiger charge is 2.37. The fourth-order valence-corrected chi connectivity index (χ4v) is 4.01. The largest absolute Gasteiger partial charge is 0.368 e. The Balaban J connectivity index is 1.56. The monoisotopic (exact) mass is 357 g/mol. The number of hydrogen-bond donors (Lipinski definition) is 0. The zero-order chi connectivity index (χ0) is 18.7. The Morgan fingerprint density at radius 1 is 1.15 bits per heavy atom. The van der Waals surface area contributed by atoms with E-state index in [0.29, 0.717) is 13.0 Å². The Hall–Kier alpha value is -2.04. The van der Waals surface area contributed by atoms with E-state index < -0.39 is 0 Å². The maximum Gasteiger partial charge on any atom is 0.228 e. The fourth-order valence-electron chi connectivity index (χ4n) is 4.01. The van der Waals surface area contributed by atoms with Crippen molar-refractivity contribution in [3.05, 3.63) is 29.3 Å². The molecule has 2 saturated heterocycles. The van der Waals surface area contributed by atoms with Gasteiger partial charge in [0.15, 0.2) is 0 Å². The van der Waals surface area contributed by atoms with Gasteiger partial charge in [-0.15, -0.1) is 0 Å². The fraction of sp³-hybridized carbons (Fsp3) is 0.619. The summed E-state index contributed by atoms with van der Waals surface area (Å²) in [7, 11) is 0. The molecule has 2 amide bonds. The van der Waals surface area contributed by atoms with Crippen molar-refractivity contribution in [3.8, 4) is 0 Å². The first-order chi connectivity index (χ1) is 12.5. The lowest BCUT2D eigenvalue weighted by Gasteiger charge is -2.38. The summed E-state index contributed by atoms with van der Waals surface area (Å²) in [5, 5.41) is 0. The number of aryl methyl sites for hydroxylation is 1. The van der Waals surface area contributed by atoms with Crippen molar-refractivity contribution < 1.29 is 9.59 Å². The smallest absolute Gasteiger partial charge is 0.228 e. The van der Waals surface area contributed by atoms with Crippen LogP contribution in [0.25, 0.3) is 0 Å². The van der Waals surface area contributed by atoms with Gasteiger partial charge in [0.1, 0.15) is 0 Å². The lowest BCUT2D eigenvalue weighted by atomic mass is 10.1. The third kappa shape index (κ3) is 3.87. The van der Waals surface area contributed by atoms with Gasteiger partial charge in [0.25, 0.3) is 0 Å². The molecule has 1 atom stereocenters. The van der Waals surface area contributed by atoms with E-state index in [1.54, 1.807) is 0 Å². The van der Waals surface area contributed by atoms with E-state index in [2.05, 4.69) is 43.9 Å². The van der Waals surface area contributed by atoms with Crippen LogP contribution in [0.5, 0.6) is 0 Å². The van der Waals surface area contributed by atoms with Crippen molar-refractivity contribution in [1.82, 2.24) is 9.80 Å². The van der Waals surface area contributed by atoms with E-state index >= 15 is 0 Å². The van der Waals surface area contributed by atoms with Gasteiger partial charge < -0.3 is 14.7 Å². The van der Waals surface area contributed by atoms with Gasteiger partial charge in [-0.2, -0.15) is 0 Å². The molecule has 0 radical (unpaired) electrons. The van der Waals surface area contributed by atoms with Crippen molar-refractivity contribution in [3.63, 3.8) is 0 Å². The Bertz CT molecular complexity index is 665. The van der Waals surface area contributed by atoms with Crippen LogP contribution in [0.2, 0.25) is 0 Å². The molecule has 0 saturated carbocycles. The van der Waals surface area contributed by atoms with E-state index in [4.69, 9.17) is 0 Å². The summed E-state index contributed by atoms with van der Waals surface area (Å²) < 4.78 is 0. The van der Waals surface area contributed by atoms with Crippen LogP contribution in [0.15, 0.2) is 18.2 Å². The van der Waals surface area contributed by atoms with E-state index in [1.165, 1.54) is 16.8 Å². The van der Waals surface area contributed by atoms with Crippen molar-refractivity contribution in [2.45, 2.75) is 40.0 Å². The number of piperazine rings is 1. The Kier molecular flexibility index (Phi) is 5.84. The first kappa shape index (κ1) is 18.7. The van der Waals surface area contributed by atoms with Gasteiger partial charge in [-0.25, -0.2) is 0 Å². The highest BCUT2D eigenvalue weighted by Crippen LogP contribution is 2.25. The number of nitrogens with zero attached hydrogens (tertiary/aromatic N) is 3. The van der Waals surface area contributed by atoms with Crippen molar-refractivity contribution in [2.75, 3.05) is 44.2 Å². The summed E-state index contributed by atoms with van der Waals surface area (Å²) in [5.74, 6) is 0.162. The number of benzene rings is 1. The van der Waals surface area contributed by atoms with Crippen molar-refractivity contribution >= 4 is 17.5 Å². The van der Waals surface area contributed by atoms with Gasteiger partial charge in [0.05, 0.1) is 5.92 Å². The Morgan fingerprint density at radius 2 is 1.88 bits per heavy atom. The molecule has 0 bridgehead atoms. The second kappa shape index (κ2) is 8.11. The molecule has 5 heteroatoms. The van der Waals surface area contributed by atoms with Crippen LogP contribution in [0.3, 0.4) is 0 Å². The Labute approximate surface area is 156 Å². The van der Waals surface area contributed by atoms with E-state index in [1.807, 2.05) is 9.80 Å². The van der Waals surface area contributed by atoms with Crippen molar-refractivity contribution in [1.29, 1.82) is 0 Å². The standard InChI is InChI=1S/C21H31N3O2/c1-4-5-9-24-15-18(14-20(24)25)21(26)23-12-10-22(11-13-23)19-8-6-7-16(2)17(19)3/h6-8,18H,4-5,9-15H2,1-3H3/t18-/m0/s1. The number of carbonyl (C=O) groups excluding carboxylic acids is 2. The van der Waals surface area contributed by atoms with Gasteiger partial charge in [-0.3, -0.25) is 9.59 Å². The van der Waals surface area contributed by atoms with Crippen LogP contribution in [0, 0.1) is 19.8 Å². The highest BCUT2D eigenvalue weighted by atomic mass is 16.2. The number of rotatable bonds is 5. The molecular weight excluding hydrogens is 326 g/mol. The van der Waals surface area contributed by atoms with Crippen LogP contribution in [-0.4, -0.2) is 60.9 Å². The van der Waals surface area contributed by atoms with Gasteiger partial charge >= 0.3 is 0 Å². The summed E-state index contributed by atoms with van der Waals surface area (Å²) in [6, 6.07) is 6.41. The van der Waals surface area contributed by atoms with Gasteiger partial charge in [-0.1, -0.05) is 25.5 Å². The van der Waals surface area contributed by atoms with E-state index in [9.17, 15) is 9.59 Å². The predicted molar refractivity (Wildman–Crippen MR) is 104 cm³/mol. The van der Waals surface area contributed by atoms with Gasteiger partial charge in [0, 0.05) is 51.4 Å². The van der Waals surface area contributed by atoms with Crippen LogP contribution in [0.4, 0.5) is 5.69 Å². The van der Waals surface area contributed by atoms with Crippen LogP contribution in [-0.2, 0) is 9.59 Å². The summed E-state index contributed by atoms with van der Waals surface area (Å²) in [4.78, 5) is 31.2. The highest BCUT2D eigenvalue weighted by molar-refractivity contribution is 5.89. The quantitative estimate of drug-likeness (QED) is 0.814. The topological polar surface area (TPSA) is 43.9 Å². The van der Waals surface area contributed by atoms with E-state index in [-0.39, 0.29) is 17.7 Å². The van der Waals surface area contributed by atoms with Crippen molar-refractivity contribution in [2.24, 2.45) is 5.92 Å². The molecule has 0 aromatic heterocycles. The molecule has 142 valence electrons. The SMILES string of the molecule is CCCCN1C[C@@H](C(=O)N2CCN(c3cccc(C)c3C)CC2)CC1=O. The first-order valence-electron chi connectivity index (χ1n) is 9.89. The van der Waals surface area contributed by atoms with Crippen LogP contribution >= 0.6 is 0 Å². The molecule has 1 aromatic carbocycles. The molecule has 1 aromatic rings. The zero-order valence-corrected chi connectivity index (χ0v) is 16.3. The summed E-state index contributed by atoms with van der Waals surface area (Å²) in [6.45, 7) is 11.0. The lowest BCUT2D eigenvalue weighted by molar-refractivity contribution is -0.136. The number of unbranched alkanes of at least 4 members (excludes halogenated alkanes) is 1. The molecule has 0 N–H and O–H groups in total. The number of carbonyl (C=O) groups is 2. The van der Waals surface area contributed by atoms with E-state index in [0.717, 1.165) is 45.6 Å². The average Bonchev–Trinajstić information content (AvgIpc) is 3.02. The number of hydrogen-bond acceptors (Lipinski definition) is 3. The molecule has 2 heterocycles. The molecule has 3 rings (SSSR count). The number of anilines is 1. The molecule has 2 aliphatic rings. The second-order valence-corrected chi connectivity index (χ2v) is 7.63. The summed E-state index contributed by atoms with van der Waals surface area (Å²) in [6.07, 6.45) is 2.48. The maximum atomic E-state index is 12.9. The Morgan fingerprint density at radius 3 is 2.58 bits per heavy atom. The molecular formula is C21H31N3O2. The minimum Gasteiger partial charge on any atom is -0.368 e. The average molecular weight is 357 g/mol. The number of likely N-dealkylation sites (tertiary alicyclic amines) is 1. The second-order valence-electron chi connectivity index (χ2n) is 7.63. The molecule has 5 nitrogen and oxygen atoms in total. The molecule has 0 unspecified atom stereocenters. The van der Waals surface area contributed by atoms with Gasteiger partial charge in [-0.05, 0) is 37.5 Å². The maximum absolute atomic E-state index is 12.9. The predicted octanol–water partition coefficient (Wildman–Crippen LogP) is 2.60. The van der Waals surface area contributed by atoms with Crippen LogP contribution < -0.4 is 4.90 Å².